The maximum atomic E-state index is 10.6. The Morgan fingerprint density at radius 1 is 1.22 bits per heavy atom. The van der Waals surface area contributed by atoms with Gasteiger partial charge >= 0.3 is 0 Å². The molecular weight excluding hydrogens is 236 g/mol. The second-order valence-electron chi connectivity index (χ2n) is 5.04. The second-order valence-corrected chi connectivity index (χ2v) is 5.04. The molecule has 2 aliphatic rings. The lowest BCUT2D eigenvalue weighted by atomic mass is 9.81. The largest absolute Gasteiger partial charge is 0.390 e. The zero-order valence-electron chi connectivity index (χ0n) is 10.2. The lowest BCUT2D eigenvalue weighted by molar-refractivity contribution is -0.205. The van der Waals surface area contributed by atoms with Crippen molar-refractivity contribution in [2.24, 2.45) is 0 Å². The van der Waals surface area contributed by atoms with Crippen LogP contribution < -0.4 is 0 Å². The van der Waals surface area contributed by atoms with Gasteiger partial charge in [-0.15, -0.1) is 0 Å². The summed E-state index contributed by atoms with van der Waals surface area (Å²) >= 11 is 0. The van der Waals surface area contributed by atoms with Crippen molar-refractivity contribution in [2.75, 3.05) is 13.2 Å². The van der Waals surface area contributed by atoms with E-state index < -0.39 is 11.4 Å². The first-order valence-corrected chi connectivity index (χ1v) is 6.32. The first kappa shape index (κ1) is 12.1. The molecule has 0 bridgehead atoms. The number of aromatic amines is 1. The molecular formula is C12H18N2O4. The van der Waals surface area contributed by atoms with Gasteiger partial charge in [0, 0.05) is 19.0 Å². The molecule has 1 aromatic rings. The zero-order valence-corrected chi connectivity index (χ0v) is 10.2. The highest BCUT2D eigenvalue weighted by atomic mass is 16.7. The van der Waals surface area contributed by atoms with Crippen molar-refractivity contribution < 1.29 is 19.7 Å². The lowest BCUT2D eigenvalue weighted by Gasteiger charge is -2.39. The molecule has 0 amide bonds. The summed E-state index contributed by atoms with van der Waals surface area (Å²) in [6, 6.07) is 0. The van der Waals surface area contributed by atoms with Crippen LogP contribution in [0.2, 0.25) is 0 Å². The van der Waals surface area contributed by atoms with Crippen LogP contribution in [0.25, 0.3) is 0 Å². The number of hydrogen-bond acceptors (Lipinski definition) is 5. The summed E-state index contributed by atoms with van der Waals surface area (Å²) in [6.45, 7) is 1.14. The van der Waals surface area contributed by atoms with E-state index in [1.54, 1.807) is 6.20 Å². The van der Waals surface area contributed by atoms with Crippen LogP contribution in [0.4, 0.5) is 0 Å². The van der Waals surface area contributed by atoms with Crippen molar-refractivity contribution in [1.82, 2.24) is 9.97 Å². The molecule has 2 heterocycles. The van der Waals surface area contributed by atoms with Gasteiger partial charge in [-0.2, -0.15) is 0 Å². The van der Waals surface area contributed by atoms with Crippen LogP contribution >= 0.6 is 0 Å². The summed E-state index contributed by atoms with van der Waals surface area (Å²) in [4.78, 5) is 7.15. The van der Waals surface area contributed by atoms with Crippen LogP contribution in [-0.4, -0.2) is 39.2 Å². The van der Waals surface area contributed by atoms with Gasteiger partial charge in [-0.1, -0.05) is 0 Å². The van der Waals surface area contributed by atoms with E-state index in [0.29, 0.717) is 50.4 Å². The van der Waals surface area contributed by atoms with E-state index in [0.717, 1.165) is 0 Å². The molecule has 18 heavy (non-hydrogen) atoms. The third-order valence-corrected chi connectivity index (χ3v) is 3.89. The first-order valence-electron chi connectivity index (χ1n) is 6.32. The molecule has 0 aromatic carbocycles. The molecule has 1 aliphatic carbocycles. The van der Waals surface area contributed by atoms with Gasteiger partial charge < -0.3 is 24.7 Å². The van der Waals surface area contributed by atoms with E-state index in [2.05, 4.69) is 9.97 Å². The van der Waals surface area contributed by atoms with Gasteiger partial charge in [-0.25, -0.2) is 4.98 Å². The van der Waals surface area contributed by atoms with E-state index in [1.807, 2.05) is 0 Å². The van der Waals surface area contributed by atoms with Crippen molar-refractivity contribution in [2.45, 2.75) is 43.7 Å². The van der Waals surface area contributed by atoms with E-state index in [-0.39, 0.29) is 6.61 Å². The zero-order chi connectivity index (χ0) is 12.6. The first-order chi connectivity index (χ1) is 8.66. The number of nitrogens with zero attached hydrogens (tertiary/aromatic N) is 1. The van der Waals surface area contributed by atoms with Crippen molar-refractivity contribution in [3.05, 3.63) is 17.7 Å². The number of imidazole rings is 1. The molecule has 0 atom stereocenters. The lowest BCUT2D eigenvalue weighted by Crippen LogP contribution is -2.42. The van der Waals surface area contributed by atoms with Crippen LogP contribution in [-0.2, 0) is 21.7 Å². The Bertz CT molecular complexity index is 415. The van der Waals surface area contributed by atoms with E-state index in [4.69, 9.17) is 14.6 Å². The fraction of sp³-hybridized carbons (Fsp3) is 0.750. The smallest absolute Gasteiger partial charge is 0.168 e. The van der Waals surface area contributed by atoms with Crippen LogP contribution in [0, 0.1) is 0 Å². The summed E-state index contributed by atoms with van der Waals surface area (Å²) in [6.07, 6.45) is 4.05. The van der Waals surface area contributed by atoms with Crippen molar-refractivity contribution >= 4 is 0 Å². The molecule has 1 aromatic heterocycles. The minimum Gasteiger partial charge on any atom is -0.390 e. The average Bonchev–Trinajstić information content (AvgIpc) is 3.04. The van der Waals surface area contributed by atoms with Crippen LogP contribution in [0.1, 0.15) is 37.2 Å². The van der Waals surface area contributed by atoms with Gasteiger partial charge in [-0.3, -0.25) is 0 Å². The molecule has 6 nitrogen and oxygen atoms in total. The van der Waals surface area contributed by atoms with Crippen molar-refractivity contribution in [3.63, 3.8) is 0 Å². The van der Waals surface area contributed by atoms with Crippen LogP contribution in [0.3, 0.4) is 0 Å². The van der Waals surface area contributed by atoms with Gasteiger partial charge in [-0.05, 0) is 12.8 Å². The van der Waals surface area contributed by atoms with Gasteiger partial charge in [0.05, 0.1) is 25.5 Å². The summed E-state index contributed by atoms with van der Waals surface area (Å²) in [5.41, 5.74) is -0.416. The average molecular weight is 254 g/mol. The molecule has 1 spiro atoms. The maximum Gasteiger partial charge on any atom is 0.168 e. The quantitative estimate of drug-likeness (QED) is 0.711. The number of aromatic nitrogens is 2. The molecule has 1 saturated carbocycles. The Labute approximate surface area is 105 Å². The third-order valence-electron chi connectivity index (χ3n) is 3.89. The topological polar surface area (TPSA) is 87.6 Å². The number of rotatable bonds is 2. The van der Waals surface area contributed by atoms with Gasteiger partial charge in [0.25, 0.3) is 0 Å². The number of ether oxygens (including phenoxy) is 2. The van der Waals surface area contributed by atoms with Gasteiger partial charge in [0.1, 0.15) is 11.4 Å². The Balaban J connectivity index is 1.73. The fourth-order valence-electron chi connectivity index (χ4n) is 2.75. The Hall–Kier alpha value is -0.950. The Morgan fingerprint density at radius 3 is 2.44 bits per heavy atom. The molecule has 3 N–H and O–H groups in total. The third kappa shape index (κ3) is 1.95. The predicted octanol–water partition coefficient (Wildman–Crippen LogP) is 0.407. The fourth-order valence-corrected chi connectivity index (χ4v) is 2.75. The molecule has 1 aliphatic heterocycles. The number of hydrogen-bond donors (Lipinski definition) is 3. The summed E-state index contributed by atoms with van der Waals surface area (Å²) in [5, 5.41) is 19.6. The van der Waals surface area contributed by atoms with Crippen molar-refractivity contribution in [3.8, 4) is 0 Å². The predicted molar refractivity (Wildman–Crippen MR) is 61.5 cm³/mol. The SMILES string of the molecule is OCc1c[nH]c(C2(O)CCC3(CC2)OCCO3)n1. The Kier molecular flexibility index (Phi) is 2.90. The van der Waals surface area contributed by atoms with Crippen LogP contribution in [0.15, 0.2) is 6.20 Å². The number of aliphatic hydroxyl groups excluding tert-OH is 1. The van der Waals surface area contributed by atoms with E-state index in [9.17, 15) is 5.11 Å². The van der Waals surface area contributed by atoms with Crippen LogP contribution in [0.5, 0.6) is 0 Å². The van der Waals surface area contributed by atoms with E-state index >= 15 is 0 Å². The molecule has 0 radical (unpaired) electrons. The number of nitrogens with one attached hydrogen (secondary N) is 1. The normalized spacial score (nSPS) is 25.7. The van der Waals surface area contributed by atoms with Gasteiger partial charge in [0.15, 0.2) is 5.79 Å². The summed E-state index contributed by atoms with van der Waals surface area (Å²) in [7, 11) is 0. The molecule has 3 rings (SSSR count). The number of aliphatic hydroxyl groups is 2. The van der Waals surface area contributed by atoms with Gasteiger partial charge in [0.2, 0.25) is 0 Å². The van der Waals surface area contributed by atoms with Crippen molar-refractivity contribution in [1.29, 1.82) is 0 Å². The molecule has 100 valence electrons. The molecule has 6 heteroatoms. The molecule has 2 fully saturated rings. The van der Waals surface area contributed by atoms with E-state index in [1.165, 1.54) is 0 Å². The maximum absolute atomic E-state index is 10.6. The minimum atomic E-state index is -0.964. The molecule has 0 unspecified atom stereocenters. The second kappa shape index (κ2) is 4.31. The molecule has 1 saturated heterocycles. The highest BCUT2D eigenvalue weighted by Gasteiger charge is 2.47. The standard InChI is InChI=1S/C12H18N2O4/c15-8-9-7-13-10(14-9)11(16)1-3-12(4-2-11)17-5-6-18-12/h7,15-16H,1-6,8H2,(H,13,14). The highest BCUT2D eigenvalue weighted by Crippen LogP contribution is 2.43. The monoisotopic (exact) mass is 254 g/mol. The summed E-state index contributed by atoms with van der Waals surface area (Å²) < 4.78 is 11.3. The Morgan fingerprint density at radius 2 is 1.89 bits per heavy atom. The summed E-state index contributed by atoms with van der Waals surface area (Å²) in [5.74, 6) is 0.0398. The number of H-pyrrole nitrogens is 1. The minimum absolute atomic E-state index is 0.122. The highest BCUT2D eigenvalue weighted by molar-refractivity contribution is 5.10.